The average molecular weight is 515 g/mol. The molecule has 1 aliphatic rings. The second-order valence-corrected chi connectivity index (χ2v) is 9.62. The van der Waals surface area contributed by atoms with Gasteiger partial charge in [-0.2, -0.15) is 4.98 Å². The highest BCUT2D eigenvalue weighted by molar-refractivity contribution is 5.87. The number of pyridine rings is 2. The van der Waals surface area contributed by atoms with Crippen LogP contribution >= 0.6 is 0 Å². The highest BCUT2D eigenvalue weighted by Gasteiger charge is 2.17. The van der Waals surface area contributed by atoms with E-state index < -0.39 is 0 Å². The lowest BCUT2D eigenvalue weighted by Crippen LogP contribution is -2.45. The van der Waals surface area contributed by atoms with Crippen molar-refractivity contribution in [2.24, 2.45) is 7.05 Å². The minimum Gasteiger partial charge on any atom is -0.439 e. The van der Waals surface area contributed by atoms with Crippen LogP contribution in [0.3, 0.4) is 0 Å². The average Bonchev–Trinajstić information content (AvgIpc) is 3.20. The van der Waals surface area contributed by atoms with Gasteiger partial charge in [0.1, 0.15) is 17.1 Å². The summed E-state index contributed by atoms with van der Waals surface area (Å²) in [6.07, 6.45) is 1.57. The van der Waals surface area contributed by atoms with E-state index >= 15 is 0 Å². The second kappa shape index (κ2) is 11.2. The number of imidazole rings is 1. The summed E-state index contributed by atoms with van der Waals surface area (Å²) in [5.74, 6) is 1.87. The number of likely N-dealkylation sites (N-methyl/N-ethyl adjacent to an activating group) is 1. The van der Waals surface area contributed by atoms with Gasteiger partial charge in [-0.05, 0) is 48.9 Å². The van der Waals surface area contributed by atoms with Gasteiger partial charge in [0, 0.05) is 70.7 Å². The van der Waals surface area contributed by atoms with Gasteiger partial charge in [0.25, 0.3) is 0 Å². The summed E-state index contributed by atoms with van der Waals surface area (Å²) in [5, 5.41) is 6.09. The Balaban J connectivity index is 1.28. The van der Waals surface area contributed by atoms with Gasteiger partial charge in [-0.3, -0.25) is 14.3 Å². The van der Waals surface area contributed by atoms with Crippen molar-refractivity contribution in [3.05, 3.63) is 59.8 Å². The van der Waals surface area contributed by atoms with Gasteiger partial charge in [0.05, 0.1) is 0 Å². The Hall–Kier alpha value is -4.02. The first-order valence-corrected chi connectivity index (χ1v) is 12.9. The maximum absolute atomic E-state index is 11.3. The van der Waals surface area contributed by atoms with Crippen LogP contribution in [-0.2, 0) is 18.4 Å². The van der Waals surface area contributed by atoms with Gasteiger partial charge < -0.3 is 20.3 Å². The molecule has 5 rings (SSSR count). The van der Waals surface area contributed by atoms with Gasteiger partial charge in [0.2, 0.25) is 17.7 Å². The molecule has 10 heteroatoms. The van der Waals surface area contributed by atoms with Crippen LogP contribution in [0.4, 0.5) is 17.5 Å². The van der Waals surface area contributed by atoms with E-state index in [9.17, 15) is 4.79 Å². The minimum atomic E-state index is -0.195. The molecule has 4 heterocycles. The molecule has 38 heavy (non-hydrogen) atoms. The lowest BCUT2D eigenvalue weighted by atomic mass is 10.1. The lowest BCUT2D eigenvalue weighted by Gasteiger charge is -2.34. The molecule has 0 atom stereocenters. The third-order valence-corrected chi connectivity index (χ3v) is 6.85. The monoisotopic (exact) mass is 514 g/mol. The largest absolute Gasteiger partial charge is 0.439 e. The Labute approximate surface area is 222 Å². The summed E-state index contributed by atoms with van der Waals surface area (Å²) >= 11 is 0. The number of nitrogens with zero attached hydrogens (tertiary/aromatic N) is 6. The topological polar surface area (TPSA) is 100 Å². The first-order valence-electron chi connectivity index (χ1n) is 12.9. The van der Waals surface area contributed by atoms with Crippen LogP contribution < -0.4 is 15.4 Å². The molecule has 1 saturated heterocycles. The molecule has 0 spiro atoms. The standard InChI is InChI=1S/C28H34N8O2/c1-5-35-12-14-36(15-13-35)18-21-6-7-22(16-19(21)2)31-28-32-24-8-9-26(33-27(24)34(28)4)38-23-10-11-29-25(17-23)30-20(3)37/h6-11,16-17H,5,12-15,18H2,1-4H3,(H,31,32)(H,29,30,37). The van der Waals surface area contributed by atoms with E-state index in [4.69, 9.17) is 9.72 Å². The summed E-state index contributed by atoms with van der Waals surface area (Å²) in [4.78, 5) is 29.8. The number of nitrogens with one attached hydrogen (secondary N) is 2. The number of piperazine rings is 1. The summed E-state index contributed by atoms with van der Waals surface area (Å²) < 4.78 is 7.83. The fourth-order valence-corrected chi connectivity index (χ4v) is 4.64. The summed E-state index contributed by atoms with van der Waals surface area (Å²) in [7, 11) is 1.92. The molecule has 10 nitrogen and oxygen atoms in total. The van der Waals surface area contributed by atoms with E-state index in [0.717, 1.165) is 50.5 Å². The zero-order valence-corrected chi connectivity index (χ0v) is 22.4. The van der Waals surface area contributed by atoms with Gasteiger partial charge in [-0.1, -0.05) is 13.0 Å². The Kier molecular flexibility index (Phi) is 7.52. The number of benzene rings is 1. The number of aromatic nitrogens is 4. The summed E-state index contributed by atoms with van der Waals surface area (Å²) in [5.41, 5.74) is 5.05. The second-order valence-electron chi connectivity index (χ2n) is 9.62. The Bertz CT molecular complexity index is 1440. The highest BCUT2D eigenvalue weighted by Crippen LogP contribution is 2.27. The highest BCUT2D eigenvalue weighted by atomic mass is 16.5. The maximum atomic E-state index is 11.3. The van der Waals surface area contributed by atoms with Crippen molar-refractivity contribution in [3.8, 4) is 11.6 Å². The van der Waals surface area contributed by atoms with Crippen LogP contribution in [0.15, 0.2) is 48.7 Å². The first-order chi connectivity index (χ1) is 18.4. The van der Waals surface area contributed by atoms with Gasteiger partial charge in [-0.15, -0.1) is 0 Å². The number of carbonyl (C=O) groups is 1. The van der Waals surface area contributed by atoms with E-state index in [1.165, 1.54) is 18.1 Å². The molecule has 0 saturated carbocycles. The van der Waals surface area contributed by atoms with Crippen LogP contribution in [0.1, 0.15) is 25.0 Å². The SMILES string of the molecule is CCN1CCN(Cc2ccc(Nc3nc4ccc(Oc5ccnc(NC(C)=O)c5)nc4n3C)cc2C)CC1. The molecule has 1 amide bonds. The number of hydrogen-bond acceptors (Lipinski definition) is 8. The van der Waals surface area contributed by atoms with Crippen LogP contribution in [0.2, 0.25) is 0 Å². The fourth-order valence-electron chi connectivity index (χ4n) is 4.64. The number of anilines is 3. The normalized spacial score (nSPS) is 14.5. The zero-order valence-electron chi connectivity index (χ0n) is 22.4. The first kappa shape index (κ1) is 25.6. The molecule has 3 aromatic heterocycles. The van der Waals surface area contributed by atoms with Gasteiger partial charge in [0.15, 0.2) is 5.65 Å². The van der Waals surface area contributed by atoms with Crippen LogP contribution in [0.5, 0.6) is 11.6 Å². The number of amides is 1. The van der Waals surface area contributed by atoms with Crippen molar-refractivity contribution in [1.29, 1.82) is 0 Å². The summed E-state index contributed by atoms with van der Waals surface area (Å²) in [6.45, 7) is 12.5. The van der Waals surface area contributed by atoms with Crippen LogP contribution in [0.25, 0.3) is 11.2 Å². The molecule has 0 unspecified atom stereocenters. The predicted molar refractivity (Wildman–Crippen MR) is 149 cm³/mol. The molecule has 1 aromatic carbocycles. The Morgan fingerprint density at radius 1 is 1.03 bits per heavy atom. The zero-order chi connectivity index (χ0) is 26.6. The third-order valence-electron chi connectivity index (χ3n) is 6.85. The molecule has 0 radical (unpaired) electrons. The van der Waals surface area contributed by atoms with Crippen molar-refractivity contribution >= 4 is 34.5 Å². The number of carbonyl (C=O) groups excluding carboxylic acids is 1. The van der Waals surface area contributed by atoms with E-state index in [-0.39, 0.29) is 5.91 Å². The van der Waals surface area contributed by atoms with E-state index in [1.807, 2.05) is 17.7 Å². The quantitative estimate of drug-likeness (QED) is 0.359. The number of rotatable bonds is 8. The van der Waals surface area contributed by atoms with Crippen molar-refractivity contribution < 1.29 is 9.53 Å². The number of aryl methyl sites for hydroxylation is 2. The fraction of sp³-hybridized carbons (Fsp3) is 0.357. The van der Waals surface area contributed by atoms with E-state index in [2.05, 4.69) is 62.4 Å². The molecule has 2 N–H and O–H groups in total. The van der Waals surface area contributed by atoms with E-state index in [1.54, 1.807) is 24.4 Å². The molecule has 1 aliphatic heterocycles. The minimum absolute atomic E-state index is 0.195. The Morgan fingerprint density at radius 3 is 2.55 bits per heavy atom. The maximum Gasteiger partial charge on any atom is 0.222 e. The molecule has 1 fully saturated rings. The molecule has 0 aliphatic carbocycles. The van der Waals surface area contributed by atoms with Crippen molar-refractivity contribution in [2.75, 3.05) is 43.4 Å². The van der Waals surface area contributed by atoms with Crippen molar-refractivity contribution in [3.63, 3.8) is 0 Å². The van der Waals surface area contributed by atoms with Gasteiger partial charge >= 0.3 is 0 Å². The van der Waals surface area contributed by atoms with E-state index in [0.29, 0.717) is 29.0 Å². The summed E-state index contributed by atoms with van der Waals surface area (Å²) in [6, 6.07) is 13.5. The number of hydrogen-bond donors (Lipinski definition) is 2. The third kappa shape index (κ3) is 5.92. The number of fused-ring (bicyclic) bond motifs is 1. The lowest BCUT2D eigenvalue weighted by molar-refractivity contribution is -0.114. The molecule has 0 bridgehead atoms. The van der Waals surface area contributed by atoms with Crippen molar-refractivity contribution in [2.45, 2.75) is 27.3 Å². The van der Waals surface area contributed by atoms with Crippen LogP contribution in [0, 0.1) is 6.92 Å². The smallest absolute Gasteiger partial charge is 0.222 e. The molecule has 4 aromatic rings. The van der Waals surface area contributed by atoms with Crippen LogP contribution in [-0.4, -0.2) is 67.9 Å². The predicted octanol–water partition coefficient (Wildman–Crippen LogP) is 4.30. The number of ether oxygens (including phenoxy) is 1. The van der Waals surface area contributed by atoms with Crippen molar-refractivity contribution in [1.82, 2.24) is 29.3 Å². The Morgan fingerprint density at radius 2 is 1.82 bits per heavy atom. The molecule has 198 valence electrons. The molecular weight excluding hydrogens is 480 g/mol. The van der Waals surface area contributed by atoms with Gasteiger partial charge in [-0.25, -0.2) is 9.97 Å². The molecular formula is C28H34N8O2.